The summed E-state index contributed by atoms with van der Waals surface area (Å²) < 4.78 is 0. The summed E-state index contributed by atoms with van der Waals surface area (Å²) in [5, 5.41) is 14.9. The van der Waals surface area contributed by atoms with Gasteiger partial charge < -0.3 is 20.6 Å². The molecule has 0 fully saturated rings. The minimum Gasteiger partial charge on any atom is -0.395 e. The Hall–Kier alpha value is -2.53. The molecule has 3 N–H and O–H groups in total. The van der Waals surface area contributed by atoms with Crippen molar-refractivity contribution >= 4 is 17.3 Å². The number of amides is 1. The highest BCUT2D eigenvalue weighted by molar-refractivity contribution is 5.95. The molecule has 24 heavy (non-hydrogen) atoms. The average molecular weight is 327 g/mol. The monoisotopic (exact) mass is 327 g/mol. The number of aliphatic hydroxyl groups is 1. The molecule has 0 aliphatic heterocycles. The molecule has 0 bridgehead atoms. The third kappa shape index (κ3) is 4.49. The van der Waals surface area contributed by atoms with Crippen molar-refractivity contribution in [2.24, 2.45) is 0 Å². The summed E-state index contributed by atoms with van der Waals surface area (Å²) in [5.74, 6) is -0.186. The van der Waals surface area contributed by atoms with Crippen LogP contribution in [0.25, 0.3) is 0 Å². The second-order valence-corrected chi connectivity index (χ2v) is 5.88. The van der Waals surface area contributed by atoms with E-state index in [1.807, 2.05) is 44.4 Å². The number of hydrogen-bond donors (Lipinski definition) is 3. The predicted molar refractivity (Wildman–Crippen MR) is 98.7 cm³/mol. The van der Waals surface area contributed by atoms with Gasteiger partial charge in [0.15, 0.2) is 0 Å². The lowest BCUT2D eigenvalue weighted by Crippen LogP contribution is -2.26. The van der Waals surface area contributed by atoms with Crippen molar-refractivity contribution in [2.45, 2.75) is 13.0 Å². The Morgan fingerprint density at radius 1 is 1.17 bits per heavy atom. The fraction of sp³-hybridized carbons (Fsp3) is 0.316. The molecule has 5 heteroatoms. The number of benzene rings is 2. The summed E-state index contributed by atoms with van der Waals surface area (Å²) in [6.45, 7) is 2.28. The van der Waals surface area contributed by atoms with Crippen molar-refractivity contribution in [3.05, 3.63) is 59.7 Å². The van der Waals surface area contributed by atoms with Gasteiger partial charge >= 0.3 is 0 Å². The van der Waals surface area contributed by atoms with Crippen LogP contribution < -0.4 is 15.5 Å². The van der Waals surface area contributed by atoms with Gasteiger partial charge in [0.25, 0.3) is 5.91 Å². The van der Waals surface area contributed by atoms with E-state index in [9.17, 15) is 4.79 Å². The molecule has 5 nitrogen and oxygen atoms in total. The van der Waals surface area contributed by atoms with Gasteiger partial charge in [-0.25, -0.2) is 0 Å². The van der Waals surface area contributed by atoms with Crippen LogP contribution in [0.2, 0.25) is 0 Å². The van der Waals surface area contributed by atoms with Gasteiger partial charge in [0, 0.05) is 37.6 Å². The van der Waals surface area contributed by atoms with Gasteiger partial charge in [-0.15, -0.1) is 0 Å². The van der Waals surface area contributed by atoms with Crippen molar-refractivity contribution < 1.29 is 9.90 Å². The molecule has 2 rings (SSSR count). The van der Waals surface area contributed by atoms with Crippen molar-refractivity contribution in [1.82, 2.24) is 5.32 Å². The topological polar surface area (TPSA) is 64.6 Å². The first kappa shape index (κ1) is 17.8. The van der Waals surface area contributed by atoms with E-state index >= 15 is 0 Å². The molecule has 0 spiro atoms. The lowest BCUT2D eigenvalue weighted by Gasteiger charge is -2.23. The maximum Gasteiger partial charge on any atom is 0.251 e. The smallest absolute Gasteiger partial charge is 0.251 e. The van der Waals surface area contributed by atoms with E-state index in [4.69, 9.17) is 5.11 Å². The Labute approximate surface area is 143 Å². The summed E-state index contributed by atoms with van der Waals surface area (Å²) in [7, 11) is 4.05. The first-order valence-electron chi connectivity index (χ1n) is 8.05. The Bertz CT molecular complexity index is 686. The zero-order chi connectivity index (χ0) is 17.5. The molecular formula is C19H25N3O2. The lowest BCUT2D eigenvalue weighted by atomic mass is 10.0. The third-order valence-electron chi connectivity index (χ3n) is 3.79. The normalized spacial score (nSPS) is 11.7. The van der Waals surface area contributed by atoms with Crippen LogP contribution in [0.3, 0.4) is 0 Å². The van der Waals surface area contributed by atoms with Crippen LogP contribution >= 0.6 is 0 Å². The fourth-order valence-corrected chi connectivity index (χ4v) is 2.61. The zero-order valence-corrected chi connectivity index (χ0v) is 14.4. The van der Waals surface area contributed by atoms with Crippen LogP contribution in [0.15, 0.2) is 48.5 Å². The summed E-state index contributed by atoms with van der Waals surface area (Å²) >= 11 is 0. The van der Waals surface area contributed by atoms with Gasteiger partial charge in [-0.2, -0.15) is 0 Å². The van der Waals surface area contributed by atoms with Crippen molar-refractivity contribution in [1.29, 1.82) is 0 Å². The average Bonchev–Trinajstić information content (AvgIpc) is 2.59. The van der Waals surface area contributed by atoms with Gasteiger partial charge in [-0.3, -0.25) is 4.79 Å². The van der Waals surface area contributed by atoms with Gasteiger partial charge in [0.2, 0.25) is 0 Å². The van der Waals surface area contributed by atoms with E-state index in [1.54, 1.807) is 6.07 Å². The molecule has 0 heterocycles. The quantitative estimate of drug-likeness (QED) is 0.731. The molecule has 1 atom stereocenters. The van der Waals surface area contributed by atoms with Crippen LogP contribution in [-0.2, 0) is 0 Å². The number of nitrogens with zero attached hydrogens (tertiary/aromatic N) is 1. The van der Waals surface area contributed by atoms with E-state index in [-0.39, 0.29) is 25.1 Å². The highest BCUT2D eigenvalue weighted by atomic mass is 16.3. The minimum atomic E-state index is -0.186. The fourth-order valence-electron chi connectivity index (χ4n) is 2.61. The molecule has 128 valence electrons. The molecule has 0 aromatic heterocycles. The van der Waals surface area contributed by atoms with Crippen molar-refractivity contribution in [2.75, 3.05) is 37.5 Å². The molecule has 0 aliphatic carbocycles. The first-order valence-corrected chi connectivity index (χ1v) is 8.05. The van der Waals surface area contributed by atoms with Crippen LogP contribution in [0.5, 0.6) is 0 Å². The van der Waals surface area contributed by atoms with E-state index in [0.717, 1.165) is 11.4 Å². The van der Waals surface area contributed by atoms with Crippen molar-refractivity contribution in [3.8, 4) is 0 Å². The van der Waals surface area contributed by atoms with Crippen LogP contribution in [0.4, 0.5) is 11.4 Å². The number of anilines is 2. The van der Waals surface area contributed by atoms with Crippen LogP contribution in [0, 0.1) is 0 Å². The molecule has 1 amide bonds. The molecule has 0 saturated carbocycles. The summed E-state index contributed by atoms with van der Waals surface area (Å²) in [6, 6.07) is 15.7. The number of para-hydroxylation sites is 1. The molecular weight excluding hydrogens is 302 g/mol. The van der Waals surface area contributed by atoms with Crippen molar-refractivity contribution in [3.63, 3.8) is 0 Å². The standard InChI is InChI=1S/C19H25N3O2/c1-14(17-9-4-5-10-18(17)22(2)3)21-16-8-6-7-15(13-16)19(24)20-11-12-23/h4-10,13-14,21,23H,11-12H2,1-3H3,(H,20,24). The SMILES string of the molecule is CC(Nc1cccc(C(=O)NCCO)c1)c1ccccc1N(C)C. The number of carbonyl (C=O) groups is 1. The van der Waals surface area contributed by atoms with Crippen LogP contribution in [0.1, 0.15) is 28.9 Å². The molecule has 2 aromatic rings. The Kier molecular flexibility index (Phi) is 6.21. The molecule has 0 saturated heterocycles. The predicted octanol–water partition coefficient (Wildman–Crippen LogP) is 2.65. The van der Waals surface area contributed by atoms with Gasteiger partial charge in [0.05, 0.1) is 12.6 Å². The van der Waals surface area contributed by atoms with E-state index in [2.05, 4.69) is 34.6 Å². The van der Waals surface area contributed by atoms with Gasteiger partial charge in [-0.1, -0.05) is 24.3 Å². The molecule has 0 radical (unpaired) electrons. The summed E-state index contributed by atoms with van der Waals surface area (Å²) in [6.07, 6.45) is 0. The maximum absolute atomic E-state index is 12.0. The third-order valence-corrected chi connectivity index (χ3v) is 3.79. The maximum atomic E-state index is 12.0. The van der Waals surface area contributed by atoms with E-state index < -0.39 is 0 Å². The highest BCUT2D eigenvalue weighted by Gasteiger charge is 2.12. The highest BCUT2D eigenvalue weighted by Crippen LogP contribution is 2.27. The Morgan fingerprint density at radius 2 is 1.92 bits per heavy atom. The summed E-state index contributed by atoms with van der Waals surface area (Å²) in [5.41, 5.74) is 3.81. The first-order chi connectivity index (χ1) is 11.5. The number of aliphatic hydroxyl groups excluding tert-OH is 1. The second-order valence-electron chi connectivity index (χ2n) is 5.88. The number of rotatable bonds is 7. The van der Waals surface area contributed by atoms with Crippen LogP contribution in [-0.4, -0.2) is 38.3 Å². The Balaban J connectivity index is 2.15. The zero-order valence-electron chi connectivity index (χ0n) is 14.4. The lowest BCUT2D eigenvalue weighted by molar-refractivity contribution is 0.0945. The Morgan fingerprint density at radius 3 is 2.62 bits per heavy atom. The summed E-state index contributed by atoms with van der Waals surface area (Å²) in [4.78, 5) is 14.1. The van der Waals surface area contributed by atoms with Gasteiger partial charge in [0.1, 0.15) is 0 Å². The number of carbonyl (C=O) groups excluding carboxylic acids is 1. The second kappa shape index (κ2) is 8.36. The minimum absolute atomic E-state index is 0.0674. The van der Waals surface area contributed by atoms with E-state index in [0.29, 0.717) is 5.56 Å². The largest absolute Gasteiger partial charge is 0.395 e. The molecule has 2 aromatic carbocycles. The number of nitrogens with one attached hydrogen (secondary N) is 2. The number of hydrogen-bond acceptors (Lipinski definition) is 4. The molecule has 1 unspecified atom stereocenters. The van der Waals surface area contributed by atoms with E-state index in [1.165, 1.54) is 5.56 Å². The van der Waals surface area contributed by atoms with Gasteiger partial charge in [-0.05, 0) is 36.8 Å². The molecule has 0 aliphatic rings.